The first-order valence-electron chi connectivity index (χ1n) is 6.03. The molecule has 0 spiro atoms. The molecule has 0 radical (unpaired) electrons. The number of urea groups is 1. The Labute approximate surface area is 129 Å². The minimum atomic E-state index is -1.08. The summed E-state index contributed by atoms with van der Waals surface area (Å²) in [5.74, 6) is -1.08. The molecule has 2 rings (SSSR count). The van der Waals surface area contributed by atoms with Gasteiger partial charge in [0.05, 0.1) is 0 Å². The van der Waals surface area contributed by atoms with E-state index in [0.717, 1.165) is 4.47 Å². The summed E-state index contributed by atoms with van der Waals surface area (Å²) in [7, 11) is 0. The molecule has 0 bridgehead atoms. The molecule has 2 aromatic rings. The van der Waals surface area contributed by atoms with Crippen molar-refractivity contribution >= 4 is 33.6 Å². The predicted octanol–water partition coefficient (Wildman–Crippen LogP) is 2.86. The van der Waals surface area contributed by atoms with E-state index in [2.05, 4.69) is 31.5 Å². The highest BCUT2D eigenvalue weighted by atomic mass is 79.9. The van der Waals surface area contributed by atoms with Crippen molar-refractivity contribution in [2.24, 2.45) is 0 Å². The molecule has 0 saturated heterocycles. The van der Waals surface area contributed by atoms with E-state index in [-0.39, 0.29) is 18.3 Å². The quantitative estimate of drug-likeness (QED) is 0.791. The summed E-state index contributed by atoms with van der Waals surface area (Å²) in [5.41, 5.74) is 1.36. The summed E-state index contributed by atoms with van der Waals surface area (Å²) in [4.78, 5) is 26.1. The molecule has 1 heterocycles. The molecule has 7 heteroatoms. The molecular weight excluding hydrogens is 338 g/mol. The van der Waals surface area contributed by atoms with Crippen LogP contribution in [-0.4, -0.2) is 22.1 Å². The Morgan fingerprint density at radius 2 is 1.86 bits per heavy atom. The van der Waals surface area contributed by atoms with E-state index in [0.29, 0.717) is 11.3 Å². The average molecular weight is 350 g/mol. The fraction of sp³-hybridized carbons (Fsp3) is 0.0714. The number of carboxylic acid groups (broad SMARTS) is 1. The van der Waals surface area contributed by atoms with E-state index in [9.17, 15) is 9.59 Å². The van der Waals surface area contributed by atoms with Crippen molar-refractivity contribution in [3.63, 3.8) is 0 Å². The Morgan fingerprint density at radius 3 is 2.43 bits per heavy atom. The second kappa shape index (κ2) is 6.85. The van der Waals surface area contributed by atoms with Crippen molar-refractivity contribution < 1.29 is 14.7 Å². The number of rotatable bonds is 4. The van der Waals surface area contributed by atoms with Crippen molar-refractivity contribution in [2.75, 3.05) is 5.32 Å². The van der Waals surface area contributed by atoms with Crippen molar-refractivity contribution in [3.05, 3.63) is 58.3 Å². The van der Waals surface area contributed by atoms with Gasteiger partial charge >= 0.3 is 12.0 Å². The number of amides is 2. The van der Waals surface area contributed by atoms with Gasteiger partial charge in [-0.15, -0.1) is 0 Å². The molecule has 0 aliphatic carbocycles. The first kappa shape index (κ1) is 15.0. The van der Waals surface area contributed by atoms with Crippen LogP contribution >= 0.6 is 15.9 Å². The summed E-state index contributed by atoms with van der Waals surface area (Å²) >= 11 is 3.31. The largest absolute Gasteiger partial charge is 0.477 e. The smallest absolute Gasteiger partial charge is 0.354 e. The van der Waals surface area contributed by atoms with E-state index in [1.807, 2.05) is 12.1 Å². The predicted molar refractivity (Wildman–Crippen MR) is 81.2 cm³/mol. The molecular formula is C14H12BrN3O3. The van der Waals surface area contributed by atoms with E-state index < -0.39 is 5.97 Å². The number of nitrogens with zero attached hydrogens (tertiary/aromatic N) is 1. The minimum absolute atomic E-state index is 0.0296. The number of carbonyl (C=O) groups excluding carboxylic acids is 1. The van der Waals surface area contributed by atoms with E-state index in [1.165, 1.54) is 12.3 Å². The Morgan fingerprint density at radius 1 is 1.14 bits per heavy atom. The normalized spacial score (nSPS) is 9.95. The van der Waals surface area contributed by atoms with Gasteiger partial charge in [-0.25, -0.2) is 14.6 Å². The SMILES string of the molecule is O=C(NCc1ccc(C(=O)O)nc1)Nc1ccc(Br)cc1. The number of pyridine rings is 1. The van der Waals surface area contributed by atoms with Crippen LogP contribution in [0.25, 0.3) is 0 Å². The maximum Gasteiger partial charge on any atom is 0.354 e. The monoisotopic (exact) mass is 349 g/mol. The third-order valence-corrected chi connectivity index (χ3v) is 3.13. The molecule has 1 aromatic heterocycles. The molecule has 3 N–H and O–H groups in total. The average Bonchev–Trinajstić information content (AvgIpc) is 2.48. The molecule has 108 valence electrons. The number of benzene rings is 1. The van der Waals surface area contributed by atoms with Crippen LogP contribution in [0.2, 0.25) is 0 Å². The number of aromatic nitrogens is 1. The van der Waals surface area contributed by atoms with Gasteiger partial charge in [0, 0.05) is 22.9 Å². The van der Waals surface area contributed by atoms with Gasteiger partial charge in [0.2, 0.25) is 0 Å². The number of nitrogens with one attached hydrogen (secondary N) is 2. The van der Waals surface area contributed by atoms with E-state index in [1.54, 1.807) is 18.2 Å². The Balaban J connectivity index is 1.86. The van der Waals surface area contributed by atoms with Crippen molar-refractivity contribution in [1.82, 2.24) is 10.3 Å². The van der Waals surface area contributed by atoms with Gasteiger partial charge in [0.15, 0.2) is 0 Å². The van der Waals surface area contributed by atoms with Gasteiger partial charge in [-0.05, 0) is 35.9 Å². The second-order valence-corrected chi connectivity index (χ2v) is 5.09. The summed E-state index contributed by atoms with van der Waals surface area (Å²) in [6.07, 6.45) is 1.42. The van der Waals surface area contributed by atoms with Crippen LogP contribution in [-0.2, 0) is 6.54 Å². The fourth-order valence-electron chi connectivity index (χ4n) is 1.55. The first-order chi connectivity index (χ1) is 10.0. The Bertz CT molecular complexity index is 642. The molecule has 2 amide bonds. The summed E-state index contributed by atoms with van der Waals surface area (Å²) in [5, 5.41) is 14.1. The Kier molecular flexibility index (Phi) is 4.89. The van der Waals surface area contributed by atoms with Crippen molar-refractivity contribution in [2.45, 2.75) is 6.54 Å². The molecule has 0 aliphatic rings. The third kappa shape index (κ3) is 4.57. The first-order valence-corrected chi connectivity index (χ1v) is 6.82. The number of carboxylic acids is 1. The number of hydrogen-bond acceptors (Lipinski definition) is 3. The molecule has 6 nitrogen and oxygen atoms in total. The lowest BCUT2D eigenvalue weighted by Gasteiger charge is -2.07. The lowest BCUT2D eigenvalue weighted by atomic mass is 10.2. The number of aromatic carboxylic acids is 1. The highest BCUT2D eigenvalue weighted by molar-refractivity contribution is 9.10. The van der Waals surface area contributed by atoms with Crippen LogP contribution in [0, 0.1) is 0 Å². The molecule has 0 saturated carbocycles. The van der Waals surface area contributed by atoms with E-state index >= 15 is 0 Å². The van der Waals surface area contributed by atoms with Gasteiger partial charge in [0.25, 0.3) is 0 Å². The second-order valence-electron chi connectivity index (χ2n) is 4.17. The topological polar surface area (TPSA) is 91.3 Å². The molecule has 1 aromatic carbocycles. The summed E-state index contributed by atoms with van der Waals surface area (Å²) in [6.45, 7) is 0.259. The molecule has 0 atom stereocenters. The van der Waals surface area contributed by atoms with Gasteiger partial charge in [0.1, 0.15) is 5.69 Å². The highest BCUT2D eigenvalue weighted by Gasteiger charge is 2.05. The van der Waals surface area contributed by atoms with Crippen LogP contribution in [0.5, 0.6) is 0 Å². The zero-order valence-corrected chi connectivity index (χ0v) is 12.4. The van der Waals surface area contributed by atoms with Gasteiger partial charge in [-0.2, -0.15) is 0 Å². The van der Waals surface area contributed by atoms with Crippen LogP contribution in [0.4, 0.5) is 10.5 Å². The molecule has 21 heavy (non-hydrogen) atoms. The minimum Gasteiger partial charge on any atom is -0.477 e. The zero-order valence-electron chi connectivity index (χ0n) is 10.8. The zero-order chi connectivity index (χ0) is 15.2. The molecule has 0 unspecified atom stereocenters. The lowest BCUT2D eigenvalue weighted by Crippen LogP contribution is -2.28. The number of carbonyl (C=O) groups is 2. The lowest BCUT2D eigenvalue weighted by molar-refractivity contribution is 0.0690. The molecule has 0 fully saturated rings. The standard InChI is InChI=1S/C14H12BrN3O3/c15-10-2-4-11(5-3-10)18-14(21)17-8-9-1-6-12(13(19)20)16-7-9/h1-7H,8H2,(H,19,20)(H2,17,18,21). The van der Waals surface area contributed by atoms with Gasteiger partial charge < -0.3 is 15.7 Å². The maximum atomic E-state index is 11.7. The maximum absolute atomic E-state index is 11.7. The Hall–Kier alpha value is -2.41. The van der Waals surface area contributed by atoms with Crippen molar-refractivity contribution in [1.29, 1.82) is 0 Å². The fourth-order valence-corrected chi connectivity index (χ4v) is 1.81. The number of hydrogen-bond donors (Lipinski definition) is 3. The van der Waals surface area contributed by atoms with Crippen LogP contribution < -0.4 is 10.6 Å². The third-order valence-electron chi connectivity index (χ3n) is 2.60. The number of anilines is 1. The highest BCUT2D eigenvalue weighted by Crippen LogP contribution is 2.13. The van der Waals surface area contributed by atoms with Crippen LogP contribution in [0.3, 0.4) is 0 Å². The van der Waals surface area contributed by atoms with Gasteiger partial charge in [-0.1, -0.05) is 22.0 Å². The van der Waals surface area contributed by atoms with Crippen LogP contribution in [0.1, 0.15) is 16.1 Å². The number of halogens is 1. The van der Waals surface area contributed by atoms with Crippen molar-refractivity contribution in [3.8, 4) is 0 Å². The molecule has 0 aliphatic heterocycles. The summed E-state index contributed by atoms with van der Waals surface area (Å²) < 4.78 is 0.929. The van der Waals surface area contributed by atoms with E-state index in [4.69, 9.17) is 5.11 Å². The summed E-state index contributed by atoms with van der Waals surface area (Å²) in [6, 6.07) is 9.84. The van der Waals surface area contributed by atoms with Crippen LogP contribution in [0.15, 0.2) is 47.1 Å². The van der Waals surface area contributed by atoms with Gasteiger partial charge in [-0.3, -0.25) is 0 Å².